The third-order valence-corrected chi connectivity index (χ3v) is 3.32. The predicted octanol–water partition coefficient (Wildman–Crippen LogP) is 0.376. The van der Waals surface area contributed by atoms with Crippen LogP contribution in [-0.2, 0) is 0 Å². The third-order valence-electron chi connectivity index (χ3n) is 3.32. The molecule has 0 aliphatic carbocycles. The molecule has 1 aliphatic rings. The first-order valence-electron chi connectivity index (χ1n) is 6.82. The SMILES string of the molecule is O=C(NCCN1CCCCCC1)c1ccc(=O)[nH]n1. The lowest BCUT2D eigenvalue weighted by atomic mass is 10.2. The van der Waals surface area contributed by atoms with Crippen LogP contribution in [0.15, 0.2) is 16.9 Å². The van der Waals surface area contributed by atoms with Crippen LogP contribution in [0.1, 0.15) is 36.2 Å². The minimum Gasteiger partial charge on any atom is -0.349 e. The van der Waals surface area contributed by atoms with Gasteiger partial charge in [0, 0.05) is 19.2 Å². The second-order valence-corrected chi connectivity index (χ2v) is 4.82. The number of nitrogens with one attached hydrogen (secondary N) is 2. The number of carbonyl (C=O) groups excluding carboxylic acids is 1. The Kier molecular flexibility index (Phi) is 5.09. The second-order valence-electron chi connectivity index (χ2n) is 4.82. The van der Waals surface area contributed by atoms with Crippen LogP contribution in [0, 0.1) is 0 Å². The summed E-state index contributed by atoms with van der Waals surface area (Å²) in [7, 11) is 0. The van der Waals surface area contributed by atoms with Crippen LogP contribution in [-0.4, -0.2) is 47.2 Å². The molecule has 1 aliphatic heterocycles. The molecule has 104 valence electrons. The summed E-state index contributed by atoms with van der Waals surface area (Å²) in [5, 5.41) is 8.77. The Morgan fingerprint density at radius 1 is 1.26 bits per heavy atom. The van der Waals surface area contributed by atoms with Crippen molar-refractivity contribution in [3.8, 4) is 0 Å². The van der Waals surface area contributed by atoms with Crippen molar-refractivity contribution in [2.75, 3.05) is 26.2 Å². The smallest absolute Gasteiger partial charge is 0.271 e. The lowest BCUT2D eigenvalue weighted by molar-refractivity contribution is 0.0942. The molecule has 0 bridgehead atoms. The van der Waals surface area contributed by atoms with Gasteiger partial charge in [0.15, 0.2) is 0 Å². The fourth-order valence-corrected chi connectivity index (χ4v) is 2.25. The Labute approximate surface area is 112 Å². The van der Waals surface area contributed by atoms with E-state index in [9.17, 15) is 9.59 Å². The normalized spacial score (nSPS) is 16.8. The highest BCUT2D eigenvalue weighted by molar-refractivity contribution is 5.91. The fourth-order valence-electron chi connectivity index (χ4n) is 2.25. The second kappa shape index (κ2) is 7.04. The van der Waals surface area contributed by atoms with E-state index in [-0.39, 0.29) is 17.2 Å². The maximum Gasteiger partial charge on any atom is 0.271 e. The number of hydrogen-bond donors (Lipinski definition) is 2. The molecule has 6 heteroatoms. The fraction of sp³-hybridized carbons (Fsp3) is 0.615. The van der Waals surface area contributed by atoms with E-state index in [1.165, 1.54) is 37.8 Å². The molecule has 19 heavy (non-hydrogen) atoms. The van der Waals surface area contributed by atoms with Gasteiger partial charge in [-0.25, -0.2) is 5.10 Å². The average molecular weight is 264 g/mol. The van der Waals surface area contributed by atoms with Crippen LogP contribution in [0.3, 0.4) is 0 Å². The van der Waals surface area contributed by atoms with Gasteiger partial charge in [-0.3, -0.25) is 9.59 Å². The zero-order valence-corrected chi connectivity index (χ0v) is 11.0. The van der Waals surface area contributed by atoms with Crippen molar-refractivity contribution in [2.24, 2.45) is 0 Å². The number of carbonyl (C=O) groups is 1. The lowest BCUT2D eigenvalue weighted by Gasteiger charge is -2.19. The summed E-state index contributed by atoms with van der Waals surface area (Å²) in [4.78, 5) is 25.0. The lowest BCUT2D eigenvalue weighted by Crippen LogP contribution is -2.36. The highest BCUT2D eigenvalue weighted by Gasteiger charge is 2.10. The Morgan fingerprint density at radius 2 is 2.00 bits per heavy atom. The number of H-pyrrole nitrogens is 1. The Balaban J connectivity index is 1.74. The number of nitrogens with zero attached hydrogens (tertiary/aromatic N) is 2. The molecule has 0 radical (unpaired) electrons. The van der Waals surface area contributed by atoms with Gasteiger partial charge in [0.05, 0.1) is 0 Å². The number of rotatable bonds is 4. The molecule has 0 saturated carbocycles. The maximum atomic E-state index is 11.8. The molecule has 0 spiro atoms. The zero-order chi connectivity index (χ0) is 13.5. The van der Waals surface area contributed by atoms with Crippen molar-refractivity contribution in [1.29, 1.82) is 0 Å². The van der Waals surface area contributed by atoms with E-state index in [1.807, 2.05) is 0 Å². The molecular weight excluding hydrogens is 244 g/mol. The molecule has 2 rings (SSSR count). The van der Waals surface area contributed by atoms with E-state index in [0.717, 1.165) is 19.6 Å². The van der Waals surface area contributed by atoms with Crippen LogP contribution in [0.25, 0.3) is 0 Å². The molecule has 1 aromatic heterocycles. The van der Waals surface area contributed by atoms with E-state index >= 15 is 0 Å². The maximum absolute atomic E-state index is 11.8. The summed E-state index contributed by atoms with van der Waals surface area (Å²) in [6.07, 6.45) is 5.11. The first-order valence-corrected chi connectivity index (χ1v) is 6.82. The highest BCUT2D eigenvalue weighted by atomic mass is 16.2. The molecule has 1 saturated heterocycles. The topological polar surface area (TPSA) is 78.1 Å². The Bertz CT molecular complexity index is 443. The van der Waals surface area contributed by atoms with Crippen molar-refractivity contribution in [2.45, 2.75) is 25.7 Å². The third kappa shape index (κ3) is 4.48. The van der Waals surface area contributed by atoms with Gasteiger partial charge in [0.2, 0.25) is 0 Å². The summed E-state index contributed by atoms with van der Waals surface area (Å²) in [6.45, 7) is 3.72. The van der Waals surface area contributed by atoms with E-state index in [0.29, 0.717) is 6.54 Å². The van der Waals surface area contributed by atoms with Gasteiger partial charge in [-0.1, -0.05) is 12.8 Å². The molecule has 1 fully saturated rings. The van der Waals surface area contributed by atoms with Gasteiger partial charge >= 0.3 is 0 Å². The van der Waals surface area contributed by atoms with Gasteiger partial charge in [-0.15, -0.1) is 0 Å². The van der Waals surface area contributed by atoms with Gasteiger partial charge in [-0.2, -0.15) is 5.10 Å². The van der Waals surface area contributed by atoms with Crippen LogP contribution < -0.4 is 10.9 Å². The average Bonchev–Trinajstić information content (AvgIpc) is 2.68. The minimum absolute atomic E-state index is 0.244. The van der Waals surface area contributed by atoms with Crippen LogP contribution in [0.2, 0.25) is 0 Å². The van der Waals surface area contributed by atoms with Crippen molar-refractivity contribution in [1.82, 2.24) is 20.4 Å². The van der Waals surface area contributed by atoms with E-state index in [1.54, 1.807) is 0 Å². The molecule has 6 nitrogen and oxygen atoms in total. The zero-order valence-electron chi connectivity index (χ0n) is 11.0. The minimum atomic E-state index is -0.305. The predicted molar refractivity (Wildman–Crippen MR) is 72.1 cm³/mol. The van der Waals surface area contributed by atoms with Gasteiger partial charge in [-0.05, 0) is 32.0 Å². The number of aromatic amines is 1. The monoisotopic (exact) mass is 264 g/mol. The molecule has 0 aromatic carbocycles. The molecule has 0 unspecified atom stereocenters. The van der Waals surface area contributed by atoms with Gasteiger partial charge in [0.25, 0.3) is 11.5 Å². The van der Waals surface area contributed by atoms with E-state index in [2.05, 4.69) is 20.4 Å². The van der Waals surface area contributed by atoms with Crippen molar-refractivity contribution in [3.05, 3.63) is 28.2 Å². The van der Waals surface area contributed by atoms with Crippen molar-refractivity contribution in [3.63, 3.8) is 0 Å². The van der Waals surface area contributed by atoms with Crippen molar-refractivity contribution >= 4 is 5.91 Å². The number of hydrogen-bond acceptors (Lipinski definition) is 4. The number of likely N-dealkylation sites (tertiary alicyclic amines) is 1. The first-order chi connectivity index (χ1) is 9.25. The highest BCUT2D eigenvalue weighted by Crippen LogP contribution is 2.08. The Morgan fingerprint density at radius 3 is 2.63 bits per heavy atom. The number of amides is 1. The van der Waals surface area contributed by atoms with Crippen LogP contribution in [0.4, 0.5) is 0 Å². The van der Waals surface area contributed by atoms with Gasteiger partial charge in [0.1, 0.15) is 5.69 Å². The molecule has 2 heterocycles. The summed E-state index contributed by atoms with van der Waals surface area (Å²) in [5.74, 6) is -0.244. The molecular formula is C13H20N4O2. The number of aromatic nitrogens is 2. The summed E-state index contributed by atoms with van der Waals surface area (Å²) in [5.41, 5.74) is -0.0587. The van der Waals surface area contributed by atoms with Crippen LogP contribution in [0.5, 0.6) is 0 Å². The Hall–Kier alpha value is -1.69. The largest absolute Gasteiger partial charge is 0.349 e. The van der Waals surface area contributed by atoms with Crippen molar-refractivity contribution < 1.29 is 4.79 Å². The summed E-state index contributed by atoms with van der Waals surface area (Å²) < 4.78 is 0. The van der Waals surface area contributed by atoms with Gasteiger partial charge < -0.3 is 10.2 Å². The quantitative estimate of drug-likeness (QED) is 0.824. The molecule has 2 N–H and O–H groups in total. The first kappa shape index (κ1) is 13.7. The van der Waals surface area contributed by atoms with Crippen LogP contribution >= 0.6 is 0 Å². The van der Waals surface area contributed by atoms with E-state index < -0.39 is 0 Å². The molecule has 0 atom stereocenters. The standard InChI is InChI=1S/C13H20N4O2/c18-12-6-5-11(15-16-12)13(19)14-7-10-17-8-3-1-2-4-9-17/h5-6H,1-4,7-10H2,(H,14,19)(H,16,18). The summed E-state index contributed by atoms with van der Waals surface area (Å²) in [6, 6.07) is 2.73. The molecule has 1 amide bonds. The molecule has 1 aromatic rings. The van der Waals surface area contributed by atoms with E-state index in [4.69, 9.17) is 0 Å². The summed E-state index contributed by atoms with van der Waals surface area (Å²) >= 11 is 0.